The van der Waals surface area contributed by atoms with Crippen LogP contribution in [0.5, 0.6) is 0 Å². The summed E-state index contributed by atoms with van der Waals surface area (Å²) >= 11 is 3.07. The van der Waals surface area contributed by atoms with Crippen LogP contribution in [0.1, 0.15) is 31.0 Å². The summed E-state index contributed by atoms with van der Waals surface area (Å²) < 4.78 is 41.3. The number of aryl methyl sites for hydroxylation is 1. The highest BCUT2D eigenvalue weighted by Gasteiger charge is 2.34. The number of halogens is 4. The van der Waals surface area contributed by atoms with Crippen LogP contribution in [0.25, 0.3) is 0 Å². The lowest BCUT2D eigenvalue weighted by atomic mass is 10.1. The Morgan fingerprint density at radius 1 is 1.38 bits per heavy atom. The fourth-order valence-electron chi connectivity index (χ4n) is 1.97. The molecule has 1 unspecified atom stereocenters. The maximum absolute atomic E-state index is 13.1. The highest BCUT2D eigenvalue weighted by Crippen LogP contribution is 2.37. The average Bonchev–Trinajstić information content (AvgIpc) is 2.88. The molecular weight excluding hydrogens is 347 g/mol. The van der Waals surface area contributed by atoms with Crippen molar-refractivity contribution in [1.29, 1.82) is 0 Å². The van der Waals surface area contributed by atoms with E-state index in [-0.39, 0.29) is 11.7 Å². The summed E-state index contributed by atoms with van der Waals surface area (Å²) in [5.41, 5.74) is 0.210. The molecule has 114 valence electrons. The predicted molar refractivity (Wildman–Crippen MR) is 79.1 cm³/mol. The number of nitrogens with one attached hydrogen (secondary N) is 1. The highest BCUT2D eigenvalue weighted by molar-refractivity contribution is 9.10. The summed E-state index contributed by atoms with van der Waals surface area (Å²) in [5, 5.41) is 7.03. The number of hydrogen-bond donors (Lipinski definition) is 1. The summed E-state index contributed by atoms with van der Waals surface area (Å²) in [6, 6.07) is 3.81. The SMILES string of the molecule is CCn1cc(C(C)Nc2ccc(Br)cc2C(F)(F)F)cn1. The molecule has 0 aliphatic carbocycles. The maximum Gasteiger partial charge on any atom is 0.418 e. The van der Waals surface area contributed by atoms with Gasteiger partial charge < -0.3 is 5.32 Å². The van der Waals surface area contributed by atoms with E-state index in [1.54, 1.807) is 23.9 Å². The lowest BCUT2D eigenvalue weighted by molar-refractivity contribution is -0.137. The van der Waals surface area contributed by atoms with Crippen molar-refractivity contribution in [3.8, 4) is 0 Å². The van der Waals surface area contributed by atoms with Crippen molar-refractivity contribution in [3.63, 3.8) is 0 Å². The number of hydrogen-bond acceptors (Lipinski definition) is 2. The second-order valence-electron chi connectivity index (χ2n) is 4.68. The molecule has 1 aromatic carbocycles. The minimum absolute atomic E-state index is 0.0578. The van der Waals surface area contributed by atoms with Crippen LogP contribution in [0.3, 0.4) is 0 Å². The number of benzene rings is 1. The zero-order valence-corrected chi connectivity index (χ0v) is 13.2. The van der Waals surface area contributed by atoms with Gasteiger partial charge in [-0.05, 0) is 32.0 Å². The number of nitrogens with zero attached hydrogens (tertiary/aromatic N) is 2. The molecule has 0 radical (unpaired) electrons. The molecule has 0 saturated carbocycles. The van der Waals surface area contributed by atoms with Crippen LogP contribution in [0.2, 0.25) is 0 Å². The van der Waals surface area contributed by atoms with Crippen LogP contribution in [0, 0.1) is 0 Å². The van der Waals surface area contributed by atoms with Gasteiger partial charge in [-0.25, -0.2) is 0 Å². The molecule has 0 spiro atoms. The monoisotopic (exact) mass is 361 g/mol. The average molecular weight is 362 g/mol. The number of anilines is 1. The van der Waals surface area contributed by atoms with Crippen molar-refractivity contribution >= 4 is 21.6 Å². The first-order valence-corrected chi connectivity index (χ1v) is 7.26. The Morgan fingerprint density at radius 3 is 2.67 bits per heavy atom. The van der Waals surface area contributed by atoms with E-state index in [4.69, 9.17) is 0 Å². The van der Waals surface area contributed by atoms with Crippen LogP contribution in [0.15, 0.2) is 35.1 Å². The third-order valence-corrected chi connectivity index (χ3v) is 3.63. The summed E-state index contributed by atoms with van der Waals surface area (Å²) in [5.74, 6) is 0. The van der Waals surface area contributed by atoms with Crippen molar-refractivity contribution in [1.82, 2.24) is 9.78 Å². The van der Waals surface area contributed by atoms with Crippen molar-refractivity contribution < 1.29 is 13.2 Å². The van der Waals surface area contributed by atoms with E-state index >= 15 is 0 Å². The van der Waals surface area contributed by atoms with Crippen molar-refractivity contribution in [2.24, 2.45) is 0 Å². The van der Waals surface area contributed by atoms with E-state index < -0.39 is 11.7 Å². The Labute approximate surface area is 129 Å². The van der Waals surface area contributed by atoms with Gasteiger partial charge in [0.1, 0.15) is 0 Å². The zero-order chi connectivity index (χ0) is 15.6. The van der Waals surface area contributed by atoms with Gasteiger partial charge in [-0.1, -0.05) is 15.9 Å². The van der Waals surface area contributed by atoms with Crippen LogP contribution >= 0.6 is 15.9 Å². The fourth-order valence-corrected chi connectivity index (χ4v) is 2.33. The minimum Gasteiger partial charge on any atom is -0.378 e. The molecular formula is C14H15BrF3N3. The maximum atomic E-state index is 13.1. The molecule has 1 atom stereocenters. The first kappa shape index (κ1) is 15.9. The first-order valence-electron chi connectivity index (χ1n) is 6.47. The van der Waals surface area contributed by atoms with Crippen LogP contribution < -0.4 is 5.32 Å². The molecule has 3 nitrogen and oxygen atoms in total. The molecule has 0 aliphatic heterocycles. The summed E-state index contributed by atoms with van der Waals surface area (Å²) in [6.45, 7) is 4.48. The van der Waals surface area contributed by atoms with Gasteiger partial charge in [-0.3, -0.25) is 4.68 Å². The van der Waals surface area contributed by atoms with E-state index in [9.17, 15) is 13.2 Å². The minimum atomic E-state index is -4.40. The van der Waals surface area contributed by atoms with E-state index in [2.05, 4.69) is 26.3 Å². The smallest absolute Gasteiger partial charge is 0.378 e. The van der Waals surface area contributed by atoms with Gasteiger partial charge in [0.05, 0.1) is 17.8 Å². The van der Waals surface area contributed by atoms with Gasteiger partial charge in [-0.15, -0.1) is 0 Å². The Bertz CT molecular complexity index is 622. The van der Waals surface area contributed by atoms with E-state index in [0.717, 1.165) is 18.2 Å². The summed E-state index contributed by atoms with van der Waals surface area (Å²) in [4.78, 5) is 0. The van der Waals surface area contributed by atoms with E-state index in [0.29, 0.717) is 4.47 Å². The molecule has 2 rings (SSSR count). The normalized spacial score (nSPS) is 13.2. The molecule has 1 aromatic heterocycles. The summed E-state index contributed by atoms with van der Waals surface area (Å²) in [7, 11) is 0. The lowest BCUT2D eigenvalue weighted by Gasteiger charge is -2.19. The van der Waals surface area contributed by atoms with Gasteiger partial charge in [0.2, 0.25) is 0 Å². The second kappa shape index (κ2) is 6.09. The van der Waals surface area contributed by atoms with Gasteiger partial charge in [0, 0.05) is 28.5 Å². The van der Waals surface area contributed by atoms with Crippen molar-refractivity contribution in [2.45, 2.75) is 32.6 Å². The molecule has 0 saturated heterocycles. The quantitative estimate of drug-likeness (QED) is 0.842. The number of rotatable bonds is 4. The number of alkyl halides is 3. The van der Waals surface area contributed by atoms with Crippen LogP contribution in [-0.2, 0) is 12.7 Å². The molecule has 0 amide bonds. The predicted octanol–water partition coefficient (Wildman–Crippen LogP) is 4.86. The molecule has 7 heteroatoms. The molecule has 0 fully saturated rings. The second-order valence-corrected chi connectivity index (χ2v) is 5.60. The molecule has 2 aromatic rings. The Balaban J connectivity index is 2.26. The topological polar surface area (TPSA) is 29.9 Å². The highest BCUT2D eigenvalue weighted by atomic mass is 79.9. The van der Waals surface area contributed by atoms with Gasteiger partial charge in [0.25, 0.3) is 0 Å². The van der Waals surface area contributed by atoms with Gasteiger partial charge >= 0.3 is 6.18 Å². The fraction of sp³-hybridized carbons (Fsp3) is 0.357. The largest absolute Gasteiger partial charge is 0.418 e. The molecule has 1 N–H and O–H groups in total. The van der Waals surface area contributed by atoms with Crippen molar-refractivity contribution in [2.75, 3.05) is 5.32 Å². The zero-order valence-electron chi connectivity index (χ0n) is 11.6. The lowest BCUT2D eigenvalue weighted by Crippen LogP contribution is -2.13. The van der Waals surface area contributed by atoms with Crippen LogP contribution in [0.4, 0.5) is 18.9 Å². The number of aromatic nitrogens is 2. The molecule has 0 aliphatic rings. The Morgan fingerprint density at radius 2 is 2.10 bits per heavy atom. The third-order valence-electron chi connectivity index (χ3n) is 3.14. The molecule has 0 bridgehead atoms. The Kier molecular flexibility index (Phi) is 4.61. The Hall–Kier alpha value is -1.50. The van der Waals surface area contributed by atoms with Crippen molar-refractivity contribution in [3.05, 3.63) is 46.2 Å². The standard InChI is InChI=1S/C14H15BrF3N3/c1-3-21-8-10(7-19-21)9(2)20-13-5-4-11(15)6-12(13)14(16,17)18/h4-9,20H,3H2,1-2H3. The first-order chi connectivity index (χ1) is 9.81. The summed E-state index contributed by atoms with van der Waals surface area (Å²) in [6.07, 6.45) is -0.920. The van der Waals surface area contributed by atoms with E-state index in [1.165, 1.54) is 6.07 Å². The third kappa shape index (κ3) is 3.78. The van der Waals surface area contributed by atoms with Gasteiger partial charge in [0.15, 0.2) is 0 Å². The van der Waals surface area contributed by atoms with Gasteiger partial charge in [-0.2, -0.15) is 18.3 Å². The van der Waals surface area contributed by atoms with Crippen LogP contribution in [-0.4, -0.2) is 9.78 Å². The van der Waals surface area contributed by atoms with E-state index in [1.807, 2.05) is 13.1 Å². The molecule has 1 heterocycles. The molecule has 21 heavy (non-hydrogen) atoms.